The lowest BCUT2D eigenvalue weighted by atomic mass is 9.93. The maximum atomic E-state index is 15.3. The molecule has 0 spiro atoms. The van der Waals surface area contributed by atoms with Crippen LogP contribution in [0.2, 0.25) is 0 Å². The molecule has 4 aromatic rings. The van der Waals surface area contributed by atoms with Crippen molar-refractivity contribution in [2.75, 3.05) is 6.54 Å². The number of halogens is 2. The molecule has 5 nitrogen and oxygen atoms in total. The Balaban J connectivity index is 1.71. The summed E-state index contributed by atoms with van der Waals surface area (Å²) in [5.41, 5.74) is 7.35. The molecular formula is C27H27F2N4O+. The molecule has 0 aliphatic heterocycles. The first kappa shape index (κ1) is 22.2. The zero-order valence-electron chi connectivity index (χ0n) is 18.8. The molecule has 5 rings (SSSR count). The predicted molar refractivity (Wildman–Crippen MR) is 129 cm³/mol. The highest BCUT2D eigenvalue weighted by Crippen LogP contribution is 2.43. The highest BCUT2D eigenvalue weighted by molar-refractivity contribution is 5.86. The van der Waals surface area contributed by atoms with E-state index >= 15 is 4.39 Å². The summed E-state index contributed by atoms with van der Waals surface area (Å²) in [6.07, 6.45) is 7.31. The van der Waals surface area contributed by atoms with E-state index in [2.05, 4.69) is 9.55 Å². The third-order valence-corrected chi connectivity index (χ3v) is 7.15. The van der Waals surface area contributed by atoms with Gasteiger partial charge < -0.3 is 10.3 Å². The van der Waals surface area contributed by atoms with Gasteiger partial charge in [0.1, 0.15) is 24.6 Å². The predicted octanol–water partition coefficient (Wildman–Crippen LogP) is 5.87. The molecule has 174 valence electrons. The van der Waals surface area contributed by atoms with Crippen LogP contribution in [0, 0.1) is 11.6 Å². The Morgan fingerprint density at radius 1 is 1.03 bits per heavy atom. The minimum atomic E-state index is -0.779. The summed E-state index contributed by atoms with van der Waals surface area (Å²) in [5.74, 6) is -1.47. The topological polar surface area (TPSA) is 60.9 Å². The number of amides is 2. The molecule has 2 aromatic carbocycles. The summed E-state index contributed by atoms with van der Waals surface area (Å²) in [5, 5.41) is 1.00. The van der Waals surface area contributed by atoms with Crippen molar-refractivity contribution in [2.24, 2.45) is 5.73 Å². The van der Waals surface area contributed by atoms with Gasteiger partial charge in [0, 0.05) is 35.5 Å². The molecule has 1 unspecified atom stereocenters. The Morgan fingerprint density at radius 3 is 2.50 bits per heavy atom. The van der Waals surface area contributed by atoms with Gasteiger partial charge in [-0.05, 0) is 37.1 Å². The van der Waals surface area contributed by atoms with Crippen LogP contribution in [-0.4, -0.2) is 22.1 Å². The number of quaternary nitrogens is 1. The standard InChI is InChI=1S/C27H26F2N4O/c28-22-10-11-24(23(29)17-22)33(26(30)34,18-20-7-2-1-3-8-20)19-27(13-4-5-14-27)32-16-12-21-9-6-15-31-25(21)32/h1-3,6-12,15-17H,4-5,13-14,18-19H2,(H-,30,34)/p+1. The molecule has 7 heteroatoms. The van der Waals surface area contributed by atoms with Gasteiger partial charge in [-0.3, -0.25) is 0 Å². The van der Waals surface area contributed by atoms with Crippen molar-refractivity contribution in [1.82, 2.24) is 14.0 Å². The first-order valence-corrected chi connectivity index (χ1v) is 11.5. The van der Waals surface area contributed by atoms with Crippen molar-refractivity contribution in [2.45, 2.75) is 37.8 Å². The summed E-state index contributed by atoms with van der Waals surface area (Å²) in [7, 11) is 0. The van der Waals surface area contributed by atoms with E-state index in [9.17, 15) is 9.18 Å². The number of carbonyl (C=O) groups is 1. The molecule has 1 aliphatic rings. The SMILES string of the molecule is NC(=O)[N+](Cc1ccccc1)(CC1(n2ccc3cccnc32)CCCC1)c1ccc(F)cc1F. The van der Waals surface area contributed by atoms with Gasteiger partial charge in [-0.15, -0.1) is 0 Å². The van der Waals surface area contributed by atoms with Crippen molar-refractivity contribution >= 4 is 22.8 Å². The van der Waals surface area contributed by atoms with Gasteiger partial charge in [0.25, 0.3) is 0 Å². The molecule has 1 saturated carbocycles. The van der Waals surface area contributed by atoms with E-state index in [4.69, 9.17) is 5.73 Å². The maximum absolute atomic E-state index is 15.3. The Bertz CT molecular complexity index is 1330. The fourth-order valence-electron chi connectivity index (χ4n) is 5.58. The molecule has 0 saturated heterocycles. The lowest BCUT2D eigenvalue weighted by Crippen LogP contribution is -2.63. The van der Waals surface area contributed by atoms with E-state index in [-0.39, 0.29) is 18.8 Å². The minimum Gasteiger partial charge on any atom is -0.321 e. The van der Waals surface area contributed by atoms with E-state index in [0.29, 0.717) is 0 Å². The second kappa shape index (κ2) is 8.65. The molecule has 0 radical (unpaired) electrons. The smallest absolute Gasteiger partial charge is 0.321 e. The Hall–Kier alpha value is -3.58. The number of pyridine rings is 1. The van der Waals surface area contributed by atoms with Gasteiger partial charge in [0.15, 0.2) is 11.5 Å². The molecule has 1 aliphatic carbocycles. The van der Waals surface area contributed by atoms with E-state index < -0.39 is 27.7 Å². The fourth-order valence-corrected chi connectivity index (χ4v) is 5.58. The van der Waals surface area contributed by atoms with Gasteiger partial charge >= 0.3 is 6.03 Å². The molecule has 2 N–H and O–H groups in total. The van der Waals surface area contributed by atoms with Crippen molar-refractivity contribution in [3.63, 3.8) is 0 Å². The molecular weight excluding hydrogens is 434 g/mol. The summed E-state index contributed by atoms with van der Waals surface area (Å²) in [6, 6.07) is 18.0. The molecule has 1 atom stereocenters. The van der Waals surface area contributed by atoms with Crippen LogP contribution < -0.4 is 10.2 Å². The fraction of sp³-hybridized carbons (Fsp3) is 0.259. The van der Waals surface area contributed by atoms with Crippen molar-refractivity contribution in [1.29, 1.82) is 0 Å². The molecule has 2 aromatic heterocycles. The molecule has 1 fully saturated rings. The zero-order valence-corrected chi connectivity index (χ0v) is 18.8. The number of aromatic nitrogens is 2. The van der Waals surface area contributed by atoms with Crippen LogP contribution in [0.25, 0.3) is 11.0 Å². The minimum absolute atomic E-state index is 0.0773. The number of primary amides is 1. The number of nitrogens with zero attached hydrogens (tertiary/aromatic N) is 3. The Morgan fingerprint density at radius 2 is 1.79 bits per heavy atom. The van der Waals surface area contributed by atoms with E-state index in [1.807, 2.05) is 54.7 Å². The van der Waals surface area contributed by atoms with Gasteiger partial charge in [-0.2, -0.15) is 0 Å². The van der Waals surface area contributed by atoms with E-state index in [1.54, 1.807) is 6.20 Å². The van der Waals surface area contributed by atoms with Gasteiger partial charge in [0.05, 0.1) is 5.54 Å². The van der Waals surface area contributed by atoms with Crippen molar-refractivity contribution in [3.8, 4) is 0 Å². The van der Waals surface area contributed by atoms with Crippen molar-refractivity contribution < 1.29 is 13.6 Å². The third-order valence-electron chi connectivity index (χ3n) is 7.15. The largest absolute Gasteiger partial charge is 0.419 e. The Labute approximate surface area is 197 Å². The van der Waals surface area contributed by atoms with Gasteiger partial charge in [-0.25, -0.2) is 23.0 Å². The monoisotopic (exact) mass is 461 g/mol. The molecule has 0 bridgehead atoms. The van der Waals surface area contributed by atoms with Crippen LogP contribution in [0.5, 0.6) is 0 Å². The second-order valence-corrected chi connectivity index (χ2v) is 9.24. The number of carbonyl (C=O) groups excluding carboxylic acids is 1. The number of urea groups is 1. The first-order valence-electron chi connectivity index (χ1n) is 11.5. The average Bonchev–Trinajstić information content (AvgIpc) is 3.47. The average molecular weight is 462 g/mol. The number of benzene rings is 2. The first-order chi connectivity index (χ1) is 16.4. The number of fused-ring (bicyclic) bond motifs is 1. The summed E-state index contributed by atoms with van der Waals surface area (Å²) in [4.78, 5) is 17.9. The summed E-state index contributed by atoms with van der Waals surface area (Å²) < 4.78 is 30.9. The lowest BCUT2D eigenvalue weighted by Gasteiger charge is -2.42. The van der Waals surface area contributed by atoms with Gasteiger partial charge in [0.2, 0.25) is 0 Å². The van der Waals surface area contributed by atoms with Crippen LogP contribution in [0.3, 0.4) is 0 Å². The van der Waals surface area contributed by atoms with Crippen LogP contribution >= 0.6 is 0 Å². The molecule has 2 heterocycles. The highest BCUT2D eigenvalue weighted by atomic mass is 19.1. The molecule has 2 amide bonds. The normalized spacial score (nSPS) is 17.0. The number of rotatable bonds is 6. The Kier molecular flexibility index (Phi) is 5.65. The van der Waals surface area contributed by atoms with Gasteiger partial charge in [-0.1, -0.05) is 43.2 Å². The lowest BCUT2D eigenvalue weighted by molar-refractivity contribution is 0.159. The quantitative estimate of drug-likeness (QED) is 0.365. The van der Waals surface area contributed by atoms with Crippen LogP contribution in [0.1, 0.15) is 31.2 Å². The number of hydrogen-bond donors (Lipinski definition) is 1. The van der Waals surface area contributed by atoms with E-state index in [0.717, 1.165) is 48.3 Å². The van der Waals surface area contributed by atoms with E-state index in [1.165, 1.54) is 12.1 Å². The maximum Gasteiger partial charge on any atom is 0.419 e. The van der Waals surface area contributed by atoms with Crippen LogP contribution in [0.4, 0.5) is 19.3 Å². The number of nitrogens with two attached hydrogens (primary N) is 1. The highest BCUT2D eigenvalue weighted by Gasteiger charge is 2.50. The number of hydrogen-bond acceptors (Lipinski definition) is 2. The van der Waals surface area contributed by atoms with Crippen LogP contribution in [0.15, 0.2) is 79.1 Å². The summed E-state index contributed by atoms with van der Waals surface area (Å²) >= 11 is 0. The third kappa shape index (κ3) is 3.76. The van der Waals surface area contributed by atoms with Crippen molar-refractivity contribution in [3.05, 3.63) is 96.3 Å². The zero-order chi connectivity index (χ0) is 23.8. The van der Waals surface area contributed by atoms with Crippen LogP contribution in [-0.2, 0) is 12.1 Å². The molecule has 34 heavy (non-hydrogen) atoms. The second-order valence-electron chi connectivity index (χ2n) is 9.24. The summed E-state index contributed by atoms with van der Waals surface area (Å²) in [6.45, 7) is 0.396.